The van der Waals surface area contributed by atoms with Gasteiger partial charge in [-0.25, -0.2) is 0 Å². The molecule has 17 heavy (non-hydrogen) atoms. The molecule has 2 heterocycles. The molecule has 0 N–H and O–H groups in total. The first-order valence-electron chi connectivity index (χ1n) is 5.04. The van der Waals surface area contributed by atoms with Gasteiger partial charge in [-0.2, -0.15) is 0 Å². The molecular formula is C13H7Cl2NS. The highest BCUT2D eigenvalue weighted by molar-refractivity contribution is 7.19. The fourth-order valence-corrected chi connectivity index (χ4v) is 3.17. The van der Waals surface area contributed by atoms with Crippen molar-refractivity contribution < 1.29 is 0 Å². The first-order valence-corrected chi connectivity index (χ1v) is 6.62. The van der Waals surface area contributed by atoms with Crippen LogP contribution in [0.1, 0.15) is 0 Å². The molecular weight excluding hydrogens is 273 g/mol. The Bertz CT molecular complexity index is 691. The molecule has 0 saturated carbocycles. The summed E-state index contributed by atoms with van der Waals surface area (Å²) in [6.45, 7) is 0. The number of fused-ring (bicyclic) bond motifs is 1. The summed E-state index contributed by atoms with van der Waals surface area (Å²) in [5.74, 6) is 0. The normalized spacial score (nSPS) is 10.9. The lowest BCUT2D eigenvalue weighted by Crippen LogP contribution is -1.84. The molecule has 0 amide bonds. The maximum atomic E-state index is 6.39. The van der Waals surface area contributed by atoms with Gasteiger partial charge in [-0.05, 0) is 12.1 Å². The zero-order chi connectivity index (χ0) is 11.8. The molecule has 0 aliphatic rings. The largest absolute Gasteiger partial charge is 0.253 e. The lowest BCUT2D eigenvalue weighted by Gasteiger charge is -2.04. The van der Waals surface area contributed by atoms with Crippen LogP contribution in [0.4, 0.5) is 0 Å². The second-order valence-corrected chi connectivity index (χ2v) is 5.70. The molecule has 3 rings (SSSR count). The van der Waals surface area contributed by atoms with Crippen molar-refractivity contribution in [3.63, 3.8) is 0 Å². The molecule has 0 bridgehead atoms. The van der Waals surface area contributed by atoms with Gasteiger partial charge in [-0.15, -0.1) is 11.3 Å². The quantitative estimate of drug-likeness (QED) is 0.591. The van der Waals surface area contributed by atoms with E-state index in [2.05, 4.69) is 4.98 Å². The fourth-order valence-electron chi connectivity index (χ4n) is 1.74. The number of thiophene rings is 1. The average molecular weight is 280 g/mol. The van der Waals surface area contributed by atoms with Crippen molar-refractivity contribution in [1.29, 1.82) is 0 Å². The lowest BCUT2D eigenvalue weighted by molar-refractivity contribution is 1.37. The number of hydrogen-bond donors (Lipinski definition) is 0. The van der Waals surface area contributed by atoms with E-state index in [0.29, 0.717) is 5.02 Å². The number of hydrogen-bond acceptors (Lipinski definition) is 2. The minimum atomic E-state index is 0.682. The van der Waals surface area contributed by atoms with Crippen LogP contribution >= 0.6 is 34.5 Å². The van der Waals surface area contributed by atoms with Crippen molar-refractivity contribution in [2.75, 3.05) is 0 Å². The van der Waals surface area contributed by atoms with Crippen LogP contribution in [0.3, 0.4) is 0 Å². The number of nitrogens with zero attached hydrogens (tertiary/aromatic N) is 1. The molecule has 0 saturated heterocycles. The van der Waals surface area contributed by atoms with Gasteiger partial charge in [-0.3, -0.25) is 4.98 Å². The molecule has 1 aromatic carbocycles. The van der Waals surface area contributed by atoms with Crippen LogP contribution < -0.4 is 0 Å². The maximum absolute atomic E-state index is 6.39. The van der Waals surface area contributed by atoms with Gasteiger partial charge in [0.05, 0.1) is 19.9 Å². The fraction of sp³-hybridized carbons (Fsp3) is 0. The monoisotopic (exact) mass is 279 g/mol. The predicted molar refractivity (Wildman–Crippen MR) is 75.1 cm³/mol. The number of rotatable bonds is 1. The number of aromatic nitrogens is 1. The molecule has 0 atom stereocenters. The summed E-state index contributed by atoms with van der Waals surface area (Å²) < 4.78 is 0.742. The van der Waals surface area contributed by atoms with Gasteiger partial charge >= 0.3 is 0 Å². The Hall–Kier alpha value is -1.09. The summed E-state index contributed by atoms with van der Waals surface area (Å²) in [4.78, 5) is 5.40. The summed E-state index contributed by atoms with van der Waals surface area (Å²) in [7, 11) is 0. The third kappa shape index (κ3) is 1.93. The van der Waals surface area contributed by atoms with Gasteiger partial charge in [-0.1, -0.05) is 47.5 Å². The topological polar surface area (TPSA) is 12.9 Å². The van der Waals surface area contributed by atoms with E-state index in [0.717, 1.165) is 25.7 Å². The van der Waals surface area contributed by atoms with E-state index in [1.165, 1.54) is 11.3 Å². The van der Waals surface area contributed by atoms with E-state index in [-0.39, 0.29) is 0 Å². The predicted octanol–water partition coefficient (Wildman–Crippen LogP) is 5.27. The van der Waals surface area contributed by atoms with Crippen LogP contribution in [0.15, 0.2) is 42.6 Å². The Morgan fingerprint density at radius 3 is 2.59 bits per heavy atom. The van der Waals surface area contributed by atoms with E-state index in [4.69, 9.17) is 23.2 Å². The zero-order valence-corrected chi connectivity index (χ0v) is 11.0. The second-order valence-electron chi connectivity index (χ2n) is 3.61. The Kier molecular flexibility index (Phi) is 2.79. The highest BCUT2D eigenvalue weighted by atomic mass is 35.5. The van der Waals surface area contributed by atoms with Crippen LogP contribution in [0.2, 0.25) is 9.36 Å². The molecule has 0 radical (unpaired) electrons. The standard InChI is InChI=1S/C13H7Cl2NS/c14-11-6-5-10(17-11)13-12(15)9-4-2-1-3-8(9)7-16-13/h1-7H. The zero-order valence-electron chi connectivity index (χ0n) is 8.65. The van der Waals surface area contributed by atoms with Crippen molar-refractivity contribution in [2.24, 2.45) is 0 Å². The molecule has 4 heteroatoms. The van der Waals surface area contributed by atoms with Crippen LogP contribution in [-0.2, 0) is 0 Å². The lowest BCUT2D eigenvalue weighted by atomic mass is 10.1. The highest BCUT2D eigenvalue weighted by Gasteiger charge is 2.10. The molecule has 0 unspecified atom stereocenters. The van der Waals surface area contributed by atoms with Gasteiger partial charge in [0.2, 0.25) is 0 Å². The Morgan fingerprint density at radius 1 is 1.00 bits per heavy atom. The molecule has 1 nitrogen and oxygen atoms in total. The molecule has 0 spiro atoms. The van der Waals surface area contributed by atoms with Crippen LogP contribution in [0.5, 0.6) is 0 Å². The second kappa shape index (κ2) is 4.30. The number of halogens is 2. The third-order valence-corrected chi connectivity index (χ3v) is 4.16. The van der Waals surface area contributed by atoms with Crippen LogP contribution in [0, 0.1) is 0 Å². The summed E-state index contributed by atoms with van der Waals surface area (Å²) >= 11 is 13.8. The SMILES string of the molecule is Clc1ccc(-c2ncc3ccccc3c2Cl)s1. The minimum absolute atomic E-state index is 0.682. The van der Waals surface area contributed by atoms with Crippen molar-refractivity contribution in [1.82, 2.24) is 4.98 Å². The van der Waals surface area contributed by atoms with Crippen molar-refractivity contribution in [3.05, 3.63) is 52.0 Å². The summed E-state index contributed by atoms with van der Waals surface area (Å²) in [6, 6.07) is 11.7. The summed E-state index contributed by atoms with van der Waals surface area (Å²) in [5.41, 5.74) is 0.794. The van der Waals surface area contributed by atoms with Gasteiger partial charge < -0.3 is 0 Å². The van der Waals surface area contributed by atoms with Gasteiger partial charge in [0.1, 0.15) is 0 Å². The van der Waals surface area contributed by atoms with Gasteiger partial charge in [0.25, 0.3) is 0 Å². The molecule has 0 fully saturated rings. The first kappa shape index (κ1) is 11.0. The highest BCUT2D eigenvalue weighted by Crippen LogP contribution is 2.36. The van der Waals surface area contributed by atoms with E-state index in [9.17, 15) is 0 Å². The van der Waals surface area contributed by atoms with Crippen molar-refractivity contribution in [3.8, 4) is 10.6 Å². The average Bonchev–Trinajstić information content (AvgIpc) is 2.77. The third-order valence-electron chi connectivity index (χ3n) is 2.54. The molecule has 0 aliphatic carbocycles. The smallest absolute Gasteiger partial charge is 0.0994 e. The Labute approximate surface area is 113 Å². The van der Waals surface area contributed by atoms with Crippen LogP contribution in [0.25, 0.3) is 21.3 Å². The number of pyridine rings is 1. The maximum Gasteiger partial charge on any atom is 0.0994 e. The van der Waals surface area contributed by atoms with Gasteiger partial charge in [0, 0.05) is 17.0 Å². The minimum Gasteiger partial charge on any atom is -0.253 e. The van der Waals surface area contributed by atoms with E-state index in [1.54, 1.807) is 0 Å². The molecule has 84 valence electrons. The molecule has 3 aromatic rings. The molecule has 0 aliphatic heterocycles. The Balaban J connectivity index is 2.28. The van der Waals surface area contributed by atoms with Crippen molar-refractivity contribution >= 4 is 45.3 Å². The summed E-state index contributed by atoms with van der Waals surface area (Å²) in [5, 5.41) is 2.74. The van der Waals surface area contributed by atoms with E-state index in [1.807, 2.05) is 42.6 Å². The van der Waals surface area contributed by atoms with Gasteiger partial charge in [0.15, 0.2) is 0 Å². The van der Waals surface area contributed by atoms with E-state index < -0.39 is 0 Å². The Morgan fingerprint density at radius 2 is 1.82 bits per heavy atom. The summed E-state index contributed by atoms with van der Waals surface area (Å²) in [6.07, 6.45) is 1.84. The first-order chi connectivity index (χ1) is 8.25. The van der Waals surface area contributed by atoms with E-state index >= 15 is 0 Å². The van der Waals surface area contributed by atoms with Crippen molar-refractivity contribution in [2.45, 2.75) is 0 Å². The molecule has 2 aromatic heterocycles. The number of benzene rings is 1. The van der Waals surface area contributed by atoms with Crippen LogP contribution in [-0.4, -0.2) is 4.98 Å².